The van der Waals surface area contributed by atoms with E-state index in [1.165, 1.54) is 24.8 Å². The molecule has 0 spiro atoms. The first-order valence-electron chi connectivity index (χ1n) is 11.3. The van der Waals surface area contributed by atoms with Crippen LogP contribution in [0.1, 0.15) is 52.1 Å². The van der Waals surface area contributed by atoms with Crippen LogP contribution >= 0.6 is 0 Å². The Morgan fingerprint density at radius 2 is 1.97 bits per heavy atom. The third-order valence-electron chi connectivity index (χ3n) is 5.70. The predicted molar refractivity (Wildman–Crippen MR) is 128 cm³/mol. The number of rotatable bonds is 8. The number of aromatic amines is 1. The average Bonchev–Trinajstić information content (AvgIpc) is 3.28. The number of H-pyrrole nitrogens is 1. The first-order valence-corrected chi connectivity index (χ1v) is 11.3. The van der Waals surface area contributed by atoms with E-state index in [4.69, 9.17) is 0 Å². The Bertz CT molecular complexity index is 944. The van der Waals surface area contributed by atoms with Crippen molar-refractivity contribution in [2.45, 2.75) is 32.2 Å². The zero-order valence-electron chi connectivity index (χ0n) is 18.7. The molecule has 3 heterocycles. The largest absolute Gasteiger partial charge is 0.351 e. The maximum atomic E-state index is 12.1. The van der Waals surface area contributed by atoms with Gasteiger partial charge in [0.2, 0.25) is 0 Å². The first-order chi connectivity index (χ1) is 15.7. The molecule has 0 atom stereocenters. The van der Waals surface area contributed by atoms with Gasteiger partial charge in [-0.1, -0.05) is 24.3 Å². The minimum atomic E-state index is -0.0310. The second kappa shape index (κ2) is 12.7. The zero-order chi connectivity index (χ0) is 22.6. The average molecular weight is 436 g/mol. The van der Waals surface area contributed by atoms with Gasteiger partial charge in [0.1, 0.15) is 12.0 Å². The van der Waals surface area contributed by atoms with Crippen LogP contribution in [0.15, 0.2) is 48.8 Å². The van der Waals surface area contributed by atoms with Crippen molar-refractivity contribution < 1.29 is 9.59 Å². The van der Waals surface area contributed by atoms with Crippen LogP contribution in [-0.4, -0.2) is 48.8 Å². The van der Waals surface area contributed by atoms with Crippen LogP contribution in [0.2, 0.25) is 0 Å². The lowest BCUT2D eigenvalue weighted by molar-refractivity contribution is 0.0947. The maximum Gasteiger partial charge on any atom is 0.267 e. The van der Waals surface area contributed by atoms with E-state index in [1.54, 1.807) is 12.4 Å². The number of nitrogens with zero attached hydrogens (tertiary/aromatic N) is 1. The molecule has 0 radical (unpaired) electrons. The van der Waals surface area contributed by atoms with Gasteiger partial charge < -0.3 is 20.9 Å². The minimum Gasteiger partial charge on any atom is -0.351 e. The van der Waals surface area contributed by atoms with Gasteiger partial charge in [0.15, 0.2) is 0 Å². The van der Waals surface area contributed by atoms with Crippen LogP contribution in [0.4, 0.5) is 0 Å². The summed E-state index contributed by atoms with van der Waals surface area (Å²) in [6, 6.07) is 11.3. The van der Waals surface area contributed by atoms with E-state index in [1.807, 2.05) is 43.4 Å². The standard InChI is InChI=1S/C16H22N4O.C9H11NO/c21-16(15-10-13-11-18-9-5-14(13)20-15)19-6-1-2-12-3-7-17-8-4-12;1-10-6-8-2-4-9(7-11)5-3-8/h5,9-12,17,20H,1-4,6-8H2,(H,19,21);2-5,7,10H,6H2,1H3. The summed E-state index contributed by atoms with van der Waals surface area (Å²) < 4.78 is 0. The van der Waals surface area contributed by atoms with Crippen molar-refractivity contribution in [3.05, 3.63) is 65.6 Å². The van der Waals surface area contributed by atoms with Gasteiger partial charge in [-0.25, -0.2) is 0 Å². The van der Waals surface area contributed by atoms with E-state index >= 15 is 0 Å². The fraction of sp³-hybridized carbons (Fsp3) is 0.400. The normalized spacial score (nSPS) is 13.9. The number of nitrogens with one attached hydrogen (secondary N) is 4. The molecule has 0 unspecified atom stereocenters. The lowest BCUT2D eigenvalue weighted by Crippen LogP contribution is -2.29. The summed E-state index contributed by atoms with van der Waals surface area (Å²) in [5, 5.41) is 10.4. The molecule has 2 aromatic heterocycles. The first kappa shape index (κ1) is 23.6. The topological polar surface area (TPSA) is 98.9 Å². The third-order valence-corrected chi connectivity index (χ3v) is 5.70. The lowest BCUT2D eigenvalue weighted by Gasteiger charge is -2.22. The number of benzene rings is 1. The Labute approximate surface area is 189 Å². The number of aromatic nitrogens is 2. The predicted octanol–water partition coefficient (Wildman–Crippen LogP) is 3.29. The molecule has 170 valence electrons. The highest BCUT2D eigenvalue weighted by molar-refractivity contribution is 5.97. The molecule has 1 aliphatic rings. The maximum absolute atomic E-state index is 12.1. The number of hydrogen-bond acceptors (Lipinski definition) is 5. The van der Waals surface area contributed by atoms with E-state index in [-0.39, 0.29) is 5.91 Å². The van der Waals surface area contributed by atoms with Crippen molar-refractivity contribution in [2.24, 2.45) is 5.92 Å². The number of pyridine rings is 1. The van der Waals surface area contributed by atoms with Crippen LogP contribution in [0.25, 0.3) is 10.9 Å². The van der Waals surface area contributed by atoms with E-state index < -0.39 is 0 Å². The van der Waals surface area contributed by atoms with E-state index in [2.05, 4.69) is 25.9 Å². The SMILES string of the molecule is CNCc1ccc(C=O)cc1.O=C(NCCCC1CCNCC1)c1cc2cnccc2[nH]1. The second-order valence-corrected chi connectivity index (χ2v) is 8.13. The lowest BCUT2D eigenvalue weighted by atomic mass is 9.93. The number of carbonyl (C=O) groups excluding carboxylic acids is 2. The van der Waals surface area contributed by atoms with Crippen molar-refractivity contribution in [1.29, 1.82) is 0 Å². The summed E-state index contributed by atoms with van der Waals surface area (Å²) in [4.78, 5) is 29.5. The number of carbonyl (C=O) groups is 2. The van der Waals surface area contributed by atoms with Gasteiger partial charge in [-0.15, -0.1) is 0 Å². The van der Waals surface area contributed by atoms with Crippen LogP contribution in [0.5, 0.6) is 0 Å². The Morgan fingerprint density at radius 1 is 1.19 bits per heavy atom. The van der Waals surface area contributed by atoms with Crippen LogP contribution < -0.4 is 16.0 Å². The monoisotopic (exact) mass is 435 g/mol. The molecule has 1 aromatic carbocycles. The van der Waals surface area contributed by atoms with Gasteiger partial charge in [0.25, 0.3) is 5.91 Å². The molecule has 0 bridgehead atoms. The Kier molecular flexibility index (Phi) is 9.40. The molecule has 7 nitrogen and oxygen atoms in total. The number of aldehydes is 1. The van der Waals surface area contributed by atoms with Crippen LogP contribution in [0, 0.1) is 5.92 Å². The molecule has 4 rings (SSSR count). The van der Waals surface area contributed by atoms with E-state index in [0.29, 0.717) is 5.69 Å². The second-order valence-electron chi connectivity index (χ2n) is 8.13. The third kappa shape index (κ3) is 7.28. The van der Waals surface area contributed by atoms with Crippen molar-refractivity contribution in [2.75, 3.05) is 26.7 Å². The van der Waals surface area contributed by atoms with Gasteiger partial charge in [-0.3, -0.25) is 14.6 Å². The summed E-state index contributed by atoms with van der Waals surface area (Å²) in [5.74, 6) is 0.791. The molecule has 1 aliphatic heterocycles. The molecule has 32 heavy (non-hydrogen) atoms. The Morgan fingerprint density at radius 3 is 2.66 bits per heavy atom. The molecule has 1 fully saturated rings. The van der Waals surface area contributed by atoms with Gasteiger partial charge in [0.05, 0.1) is 0 Å². The smallest absolute Gasteiger partial charge is 0.267 e. The van der Waals surface area contributed by atoms with Gasteiger partial charge >= 0.3 is 0 Å². The van der Waals surface area contributed by atoms with Gasteiger partial charge in [-0.2, -0.15) is 0 Å². The van der Waals surface area contributed by atoms with Crippen LogP contribution in [-0.2, 0) is 6.54 Å². The zero-order valence-corrected chi connectivity index (χ0v) is 18.7. The summed E-state index contributed by atoms with van der Waals surface area (Å²) in [7, 11) is 1.90. The molecular formula is C25H33N5O2. The highest BCUT2D eigenvalue weighted by Gasteiger charge is 2.13. The molecule has 3 aromatic rings. The van der Waals surface area contributed by atoms with Crippen molar-refractivity contribution in [3.63, 3.8) is 0 Å². The molecule has 1 amide bonds. The molecule has 0 saturated carbocycles. The Hall–Kier alpha value is -3.03. The summed E-state index contributed by atoms with van der Waals surface area (Å²) in [5.41, 5.74) is 3.48. The quantitative estimate of drug-likeness (QED) is 0.321. The van der Waals surface area contributed by atoms with Crippen molar-refractivity contribution >= 4 is 23.1 Å². The van der Waals surface area contributed by atoms with Crippen molar-refractivity contribution in [1.82, 2.24) is 25.9 Å². The van der Waals surface area contributed by atoms with Gasteiger partial charge in [-0.05, 0) is 69.4 Å². The number of piperidine rings is 1. The fourth-order valence-corrected chi connectivity index (χ4v) is 3.87. The van der Waals surface area contributed by atoms with E-state index in [0.717, 1.165) is 61.3 Å². The number of fused-ring (bicyclic) bond motifs is 1. The summed E-state index contributed by atoms with van der Waals surface area (Å²) in [6.07, 6.45) is 9.13. The molecule has 7 heteroatoms. The Balaban J connectivity index is 0.000000222. The fourth-order valence-electron chi connectivity index (χ4n) is 3.87. The minimum absolute atomic E-state index is 0.0310. The van der Waals surface area contributed by atoms with Crippen molar-refractivity contribution in [3.8, 4) is 0 Å². The van der Waals surface area contributed by atoms with E-state index in [9.17, 15) is 9.59 Å². The van der Waals surface area contributed by atoms with Gasteiger partial charge in [0, 0.05) is 41.9 Å². The molecule has 1 saturated heterocycles. The molecule has 0 aliphatic carbocycles. The summed E-state index contributed by atoms with van der Waals surface area (Å²) in [6.45, 7) is 3.87. The highest BCUT2D eigenvalue weighted by Crippen LogP contribution is 2.17. The molecule has 4 N–H and O–H groups in total. The van der Waals surface area contributed by atoms with Crippen LogP contribution in [0.3, 0.4) is 0 Å². The summed E-state index contributed by atoms with van der Waals surface area (Å²) >= 11 is 0. The highest BCUT2D eigenvalue weighted by atomic mass is 16.1. The number of amides is 1. The molecular weight excluding hydrogens is 402 g/mol. The number of hydrogen-bond donors (Lipinski definition) is 4.